The molecule has 21 heavy (non-hydrogen) atoms. The quantitative estimate of drug-likeness (QED) is 0.753. The van der Waals surface area contributed by atoms with Gasteiger partial charge in [-0.25, -0.2) is 0 Å². The summed E-state index contributed by atoms with van der Waals surface area (Å²) in [6.07, 6.45) is 3.09. The highest BCUT2D eigenvalue weighted by Gasteiger charge is 2.44. The monoisotopic (exact) mass is 281 g/mol. The molecule has 0 spiro atoms. The minimum atomic E-state index is -0.0457. The van der Waals surface area contributed by atoms with Crippen LogP contribution < -0.4 is 5.32 Å². The Kier molecular flexibility index (Phi) is 2.73. The van der Waals surface area contributed by atoms with Gasteiger partial charge in [0, 0.05) is 11.5 Å². The van der Waals surface area contributed by atoms with E-state index in [1.54, 1.807) is 18.2 Å². The predicted molar refractivity (Wildman–Crippen MR) is 81.7 cm³/mol. The molecular formula is C18H19NO2. The third-order valence-corrected chi connectivity index (χ3v) is 5.07. The molecule has 2 aromatic carbocycles. The summed E-state index contributed by atoms with van der Waals surface area (Å²) in [6, 6.07) is 13.8. The molecule has 2 atom stereocenters. The van der Waals surface area contributed by atoms with Crippen LogP contribution in [0.5, 0.6) is 11.5 Å². The van der Waals surface area contributed by atoms with Crippen LogP contribution in [0.4, 0.5) is 0 Å². The molecule has 1 heterocycles. The van der Waals surface area contributed by atoms with Gasteiger partial charge in [-0.2, -0.15) is 0 Å². The lowest BCUT2D eigenvalue weighted by molar-refractivity contribution is 0.268. The molecule has 0 radical (unpaired) electrons. The Morgan fingerprint density at radius 3 is 2.57 bits per heavy atom. The summed E-state index contributed by atoms with van der Waals surface area (Å²) in [5, 5.41) is 23.1. The zero-order chi connectivity index (χ0) is 14.4. The van der Waals surface area contributed by atoms with Crippen LogP contribution in [0.15, 0.2) is 42.5 Å². The highest BCUT2D eigenvalue weighted by Crippen LogP contribution is 2.48. The summed E-state index contributed by atoms with van der Waals surface area (Å²) in [7, 11) is 0. The predicted octanol–water partition coefficient (Wildman–Crippen LogP) is 2.69. The summed E-state index contributed by atoms with van der Waals surface area (Å²) in [6.45, 7) is 0.987. The van der Waals surface area contributed by atoms with Crippen molar-refractivity contribution in [3.05, 3.63) is 59.2 Å². The van der Waals surface area contributed by atoms with Crippen LogP contribution in [-0.4, -0.2) is 22.8 Å². The van der Waals surface area contributed by atoms with Gasteiger partial charge in [0.1, 0.15) is 11.5 Å². The van der Waals surface area contributed by atoms with Crippen LogP contribution in [0.3, 0.4) is 0 Å². The molecule has 0 saturated carbocycles. The molecule has 2 bridgehead atoms. The molecule has 1 fully saturated rings. The van der Waals surface area contributed by atoms with E-state index in [9.17, 15) is 10.2 Å². The molecule has 2 unspecified atom stereocenters. The smallest absolute Gasteiger partial charge is 0.115 e. The van der Waals surface area contributed by atoms with E-state index < -0.39 is 0 Å². The number of hydrogen-bond donors (Lipinski definition) is 3. The molecule has 3 N–H and O–H groups in total. The van der Waals surface area contributed by atoms with Crippen LogP contribution in [0.25, 0.3) is 0 Å². The van der Waals surface area contributed by atoms with Crippen molar-refractivity contribution in [1.82, 2.24) is 5.32 Å². The second kappa shape index (κ2) is 4.50. The number of hydrogen-bond acceptors (Lipinski definition) is 3. The van der Waals surface area contributed by atoms with Gasteiger partial charge in [0.15, 0.2) is 0 Å². The van der Waals surface area contributed by atoms with Gasteiger partial charge in [-0.05, 0) is 66.8 Å². The van der Waals surface area contributed by atoms with Crippen molar-refractivity contribution in [2.24, 2.45) is 0 Å². The first-order valence-electron chi connectivity index (χ1n) is 7.53. The maximum absolute atomic E-state index is 9.94. The zero-order valence-corrected chi connectivity index (χ0v) is 11.8. The summed E-state index contributed by atoms with van der Waals surface area (Å²) >= 11 is 0. The van der Waals surface area contributed by atoms with Gasteiger partial charge in [-0.15, -0.1) is 0 Å². The molecule has 3 heteroatoms. The molecule has 1 aliphatic heterocycles. The number of piperidine rings is 1. The second-order valence-electron chi connectivity index (χ2n) is 6.28. The first kappa shape index (κ1) is 12.7. The molecule has 4 rings (SSSR count). The fourth-order valence-electron chi connectivity index (χ4n) is 4.13. The van der Waals surface area contributed by atoms with Crippen molar-refractivity contribution in [1.29, 1.82) is 0 Å². The first-order valence-corrected chi connectivity index (χ1v) is 7.53. The van der Waals surface area contributed by atoms with Crippen molar-refractivity contribution >= 4 is 0 Å². The van der Waals surface area contributed by atoms with Crippen LogP contribution in [0.1, 0.15) is 29.5 Å². The number of fused-ring (bicyclic) bond motifs is 4. The summed E-state index contributed by atoms with van der Waals surface area (Å²) in [5.74, 6) is 0.636. The summed E-state index contributed by atoms with van der Waals surface area (Å²) < 4.78 is 0. The van der Waals surface area contributed by atoms with Crippen LogP contribution in [0.2, 0.25) is 0 Å². The number of aromatic hydroxyl groups is 2. The summed E-state index contributed by atoms with van der Waals surface area (Å²) in [5.41, 5.74) is 3.77. The van der Waals surface area contributed by atoms with E-state index in [0.29, 0.717) is 17.5 Å². The van der Waals surface area contributed by atoms with Crippen molar-refractivity contribution < 1.29 is 10.2 Å². The van der Waals surface area contributed by atoms with Crippen molar-refractivity contribution in [2.75, 3.05) is 6.54 Å². The second-order valence-corrected chi connectivity index (χ2v) is 6.28. The van der Waals surface area contributed by atoms with Gasteiger partial charge >= 0.3 is 0 Å². The molecule has 1 aliphatic carbocycles. The Hall–Kier alpha value is -2.00. The van der Waals surface area contributed by atoms with Crippen LogP contribution in [0, 0.1) is 0 Å². The minimum absolute atomic E-state index is 0.0457. The molecule has 2 aliphatic rings. The SMILES string of the molecule is Oc1ccc(C23CCNC(Cc4ccc(O)cc42)C3)cc1. The van der Waals surface area contributed by atoms with E-state index in [0.717, 1.165) is 25.8 Å². The molecule has 2 aromatic rings. The van der Waals surface area contributed by atoms with E-state index >= 15 is 0 Å². The van der Waals surface area contributed by atoms with Gasteiger partial charge < -0.3 is 15.5 Å². The summed E-state index contributed by atoms with van der Waals surface area (Å²) in [4.78, 5) is 0. The normalized spacial score (nSPS) is 27.1. The average Bonchev–Trinajstić information content (AvgIpc) is 2.49. The van der Waals surface area contributed by atoms with Gasteiger partial charge in [0.25, 0.3) is 0 Å². The number of phenolic OH excluding ortho intramolecular Hbond substituents is 2. The van der Waals surface area contributed by atoms with E-state index in [2.05, 4.69) is 11.4 Å². The van der Waals surface area contributed by atoms with Gasteiger partial charge in [-0.3, -0.25) is 0 Å². The van der Waals surface area contributed by atoms with E-state index in [-0.39, 0.29) is 5.41 Å². The van der Waals surface area contributed by atoms with Gasteiger partial charge in [0.2, 0.25) is 0 Å². The lowest BCUT2D eigenvalue weighted by Crippen LogP contribution is -2.51. The standard InChI is InChI=1S/C18H19NO2/c20-15-5-2-13(3-6-15)18-7-8-19-14(11-18)9-12-1-4-16(21)10-17(12)18/h1-6,10,14,19-21H,7-9,11H2. The molecule has 3 nitrogen and oxygen atoms in total. The topological polar surface area (TPSA) is 52.5 Å². The van der Waals surface area contributed by atoms with Crippen LogP contribution in [-0.2, 0) is 11.8 Å². The lowest BCUT2D eigenvalue weighted by atomic mass is 9.61. The van der Waals surface area contributed by atoms with Gasteiger partial charge in [0.05, 0.1) is 0 Å². The number of rotatable bonds is 1. The van der Waals surface area contributed by atoms with E-state index in [1.807, 2.05) is 18.2 Å². The Labute approximate surface area is 124 Å². The first-order chi connectivity index (χ1) is 10.2. The average molecular weight is 281 g/mol. The number of benzene rings is 2. The minimum Gasteiger partial charge on any atom is -0.508 e. The van der Waals surface area contributed by atoms with Crippen molar-refractivity contribution in [2.45, 2.75) is 30.7 Å². The molecule has 1 saturated heterocycles. The lowest BCUT2D eigenvalue weighted by Gasteiger charge is -2.47. The van der Waals surface area contributed by atoms with Crippen molar-refractivity contribution in [3.63, 3.8) is 0 Å². The van der Waals surface area contributed by atoms with E-state index in [4.69, 9.17) is 0 Å². The van der Waals surface area contributed by atoms with Gasteiger partial charge in [-0.1, -0.05) is 18.2 Å². The van der Waals surface area contributed by atoms with E-state index in [1.165, 1.54) is 16.7 Å². The van der Waals surface area contributed by atoms with Crippen molar-refractivity contribution in [3.8, 4) is 11.5 Å². The number of nitrogens with one attached hydrogen (secondary N) is 1. The fourth-order valence-corrected chi connectivity index (χ4v) is 4.13. The highest BCUT2D eigenvalue weighted by molar-refractivity contribution is 5.50. The Balaban J connectivity index is 1.93. The maximum atomic E-state index is 9.94. The molecule has 0 aromatic heterocycles. The highest BCUT2D eigenvalue weighted by atomic mass is 16.3. The maximum Gasteiger partial charge on any atom is 0.115 e. The Morgan fingerprint density at radius 2 is 1.76 bits per heavy atom. The molecular weight excluding hydrogens is 262 g/mol. The Morgan fingerprint density at radius 1 is 1.00 bits per heavy atom. The Bertz CT molecular complexity index is 680. The third kappa shape index (κ3) is 1.92. The third-order valence-electron chi connectivity index (χ3n) is 5.07. The van der Waals surface area contributed by atoms with Crippen LogP contribution >= 0.6 is 0 Å². The molecule has 108 valence electrons. The number of phenols is 2. The largest absolute Gasteiger partial charge is 0.508 e. The molecule has 0 amide bonds. The zero-order valence-electron chi connectivity index (χ0n) is 11.8. The fraction of sp³-hybridized carbons (Fsp3) is 0.333.